The lowest BCUT2D eigenvalue weighted by Gasteiger charge is -1.99. The molecule has 37 heavy (non-hydrogen) atoms. The zero-order chi connectivity index (χ0) is 27.5. The molecule has 0 saturated carbocycles. The van der Waals surface area contributed by atoms with Crippen molar-refractivity contribution in [3.63, 3.8) is 0 Å². The molecule has 2 heteroatoms. The van der Waals surface area contributed by atoms with E-state index in [4.69, 9.17) is 5.11 Å². The molecule has 0 rings (SSSR count). The number of hydrogen-bond donors (Lipinski definition) is 1. The van der Waals surface area contributed by atoms with Crippen molar-refractivity contribution in [2.24, 2.45) is 0 Å². The average Bonchev–Trinajstić information content (AvgIpc) is 2.89. The van der Waals surface area contributed by atoms with Gasteiger partial charge in [0.05, 0.1) is 0 Å². The maximum atomic E-state index is 10.3. The highest BCUT2D eigenvalue weighted by atomic mass is 16.4. The van der Waals surface area contributed by atoms with E-state index in [1.807, 2.05) is 0 Å². The summed E-state index contributed by atoms with van der Waals surface area (Å²) in [6, 6.07) is 0. The number of carboxylic acid groups (broad SMARTS) is 1. The van der Waals surface area contributed by atoms with Crippen molar-refractivity contribution in [2.45, 2.75) is 194 Å². The van der Waals surface area contributed by atoms with Crippen LogP contribution in [0.1, 0.15) is 194 Å². The lowest BCUT2D eigenvalue weighted by molar-refractivity contribution is -0.137. The van der Waals surface area contributed by atoms with Crippen molar-refractivity contribution >= 4 is 5.97 Å². The van der Waals surface area contributed by atoms with E-state index in [0.717, 1.165) is 12.8 Å². The molecule has 220 valence electrons. The van der Waals surface area contributed by atoms with Gasteiger partial charge in [-0.2, -0.15) is 0 Å². The number of carbonyl (C=O) groups is 1. The summed E-state index contributed by atoms with van der Waals surface area (Å²) in [5.74, 6) is -0.664. The van der Waals surface area contributed by atoms with Gasteiger partial charge in [-0.15, -0.1) is 0 Å². The third-order valence-corrected chi connectivity index (χ3v) is 7.02. The summed E-state index contributed by atoms with van der Waals surface area (Å²) in [5, 5.41) is 8.51. The number of unbranched alkanes of at least 4 members (excludes halogenated alkanes) is 22. The van der Waals surface area contributed by atoms with Crippen molar-refractivity contribution < 1.29 is 9.90 Å². The normalized spacial score (nSPS) is 11.3. The van der Waals surface area contributed by atoms with Crippen LogP contribution in [0.2, 0.25) is 0 Å². The summed E-state index contributed by atoms with van der Waals surface area (Å²) in [4.78, 5) is 10.3. The molecular weight excluding hydrogens is 452 g/mol. The molecule has 0 bridgehead atoms. The van der Waals surface area contributed by atoms with Gasteiger partial charge in [0.15, 0.2) is 0 Å². The predicted molar refractivity (Wildman–Crippen MR) is 168 cm³/mol. The molecule has 0 unspecified atom stereocenters. The van der Waals surface area contributed by atoms with Crippen molar-refractivity contribution in [2.75, 3.05) is 0 Å². The fraction of sp³-hybridized carbons (Fsp3) is 0.857. The van der Waals surface area contributed by atoms with Crippen molar-refractivity contribution in [3.05, 3.63) is 24.3 Å². The standard InChI is InChI=1S/C18H34O2.C17H34/c1-2-3-4-5-6-7-8-9-10-11-12-13-14-15-16-17-18(19)20;1-3-5-7-9-11-13-15-17-16-14-12-10-8-6-4-2/h9-10H,2-8,11-17H2,1H3,(H,19,20);15,17H,3-14,16H2,1-2H3/b10-9-;17-15-. The Labute approximate surface area is 234 Å². The van der Waals surface area contributed by atoms with Crippen LogP contribution >= 0.6 is 0 Å². The minimum Gasteiger partial charge on any atom is -0.481 e. The molecule has 1 N–H and O–H groups in total. The predicted octanol–water partition coefficient (Wildman–Crippen LogP) is 12.8. The monoisotopic (exact) mass is 521 g/mol. The number of rotatable bonds is 28. The number of hydrogen-bond acceptors (Lipinski definition) is 1. The van der Waals surface area contributed by atoms with E-state index >= 15 is 0 Å². The number of allylic oxidation sites excluding steroid dienone is 4. The van der Waals surface area contributed by atoms with Crippen molar-refractivity contribution in [3.8, 4) is 0 Å². The Hall–Kier alpha value is -1.05. The zero-order valence-electron chi connectivity index (χ0n) is 25.8. The molecule has 0 aromatic carbocycles. The van der Waals surface area contributed by atoms with Gasteiger partial charge in [-0.1, -0.05) is 154 Å². The molecule has 0 aliphatic carbocycles. The first-order chi connectivity index (χ1) is 18.2. The third-order valence-electron chi connectivity index (χ3n) is 7.02. The Balaban J connectivity index is 0. The van der Waals surface area contributed by atoms with Gasteiger partial charge in [0.2, 0.25) is 0 Å². The lowest BCUT2D eigenvalue weighted by atomic mass is 10.1. The van der Waals surface area contributed by atoms with Crippen LogP contribution in [0, 0.1) is 0 Å². The SMILES string of the molecule is CCCCCCC/C=C\CCCCCCCC.CCCCCCCC/C=C\CCCCCCCC(=O)O. The summed E-state index contributed by atoms with van der Waals surface area (Å²) in [6.07, 6.45) is 44.2. The first-order valence-electron chi connectivity index (χ1n) is 16.7. The molecule has 0 atom stereocenters. The molecular formula is C35H68O2. The van der Waals surface area contributed by atoms with Crippen LogP contribution in [-0.4, -0.2) is 11.1 Å². The van der Waals surface area contributed by atoms with Gasteiger partial charge in [-0.25, -0.2) is 0 Å². The van der Waals surface area contributed by atoms with Gasteiger partial charge < -0.3 is 5.11 Å². The highest BCUT2D eigenvalue weighted by Crippen LogP contribution is 2.11. The summed E-state index contributed by atoms with van der Waals surface area (Å²) in [5.41, 5.74) is 0. The van der Waals surface area contributed by atoms with Crippen molar-refractivity contribution in [1.82, 2.24) is 0 Å². The molecule has 0 radical (unpaired) electrons. The van der Waals surface area contributed by atoms with Gasteiger partial charge in [0, 0.05) is 6.42 Å². The molecule has 0 aliphatic rings. The van der Waals surface area contributed by atoms with E-state index < -0.39 is 5.97 Å². The fourth-order valence-corrected chi connectivity index (χ4v) is 4.49. The second-order valence-corrected chi connectivity index (χ2v) is 11.0. The highest BCUT2D eigenvalue weighted by molar-refractivity contribution is 5.66. The topological polar surface area (TPSA) is 37.3 Å². The summed E-state index contributed by atoms with van der Waals surface area (Å²) < 4.78 is 0. The molecule has 0 amide bonds. The van der Waals surface area contributed by atoms with Gasteiger partial charge in [0.25, 0.3) is 0 Å². The minimum atomic E-state index is -0.664. The Morgan fingerprint density at radius 1 is 0.405 bits per heavy atom. The quantitative estimate of drug-likeness (QED) is 0.0822. The Bertz CT molecular complexity index is 466. The first kappa shape index (κ1) is 38.1. The second-order valence-electron chi connectivity index (χ2n) is 11.0. The van der Waals surface area contributed by atoms with Crippen LogP contribution in [0.15, 0.2) is 24.3 Å². The number of aliphatic carboxylic acids is 1. The fourth-order valence-electron chi connectivity index (χ4n) is 4.49. The van der Waals surface area contributed by atoms with E-state index in [1.54, 1.807) is 0 Å². The summed E-state index contributed by atoms with van der Waals surface area (Å²) in [6.45, 7) is 6.82. The van der Waals surface area contributed by atoms with Gasteiger partial charge in [-0.05, 0) is 57.8 Å². The Morgan fingerprint density at radius 3 is 0.919 bits per heavy atom. The van der Waals surface area contributed by atoms with Gasteiger partial charge >= 0.3 is 5.97 Å². The molecule has 0 spiro atoms. The van der Waals surface area contributed by atoms with Crippen LogP contribution in [-0.2, 0) is 4.79 Å². The summed E-state index contributed by atoms with van der Waals surface area (Å²) in [7, 11) is 0. The van der Waals surface area contributed by atoms with E-state index in [9.17, 15) is 4.79 Å². The molecule has 2 nitrogen and oxygen atoms in total. The second kappa shape index (κ2) is 37.1. The Kier molecular flexibility index (Phi) is 38.2. The minimum absolute atomic E-state index is 0.332. The van der Waals surface area contributed by atoms with Crippen LogP contribution in [0.25, 0.3) is 0 Å². The van der Waals surface area contributed by atoms with Gasteiger partial charge in [0.1, 0.15) is 0 Å². The average molecular weight is 521 g/mol. The van der Waals surface area contributed by atoms with E-state index in [1.165, 1.54) is 154 Å². The third kappa shape index (κ3) is 42.3. The van der Waals surface area contributed by atoms with E-state index in [2.05, 4.69) is 45.1 Å². The van der Waals surface area contributed by atoms with Crippen molar-refractivity contribution in [1.29, 1.82) is 0 Å². The Morgan fingerprint density at radius 2 is 0.649 bits per heavy atom. The largest absolute Gasteiger partial charge is 0.481 e. The number of carboxylic acids is 1. The molecule has 0 heterocycles. The molecule has 0 aromatic rings. The summed E-state index contributed by atoms with van der Waals surface area (Å²) >= 11 is 0. The molecule has 0 fully saturated rings. The maximum absolute atomic E-state index is 10.3. The smallest absolute Gasteiger partial charge is 0.303 e. The van der Waals surface area contributed by atoms with Crippen LogP contribution < -0.4 is 0 Å². The molecule has 0 saturated heterocycles. The lowest BCUT2D eigenvalue weighted by Crippen LogP contribution is -1.93. The molecule has 0 aliphatic heterocycles. The zero-order valence-corrected chi connectivity index (χ0v) is 25.8. The van der Waals surface area contributed by atoms with E-state index in [0.29, 0.717) is 6.42 Å². The van der Waals surface area contributed by atoms with Crippen LogP contribution in [0.3, 0.4) is 0 Å². The first-order valence-corrected chi connectivity index (χ1v) is 16.7. The maximum Gasteiger partial charge on any atom is 0.303 e. The molecule has 0 aromatic heterocycles. The van der Waals surface area contributed by atoms with Gasteiger partial charge in [-0.3, -0.25) is 4.79 Å². The highest BCUT2D eigenvalue weighted by Gasteiger charge is 1.96. The van der Waals surface area contributed by atoms with E-state index in [-0.39, 0.29) is 0 Å². The van der Waals surface area contributed by atoms with Crippen LogP contribution in [0.5, 0.6) is 0 Å². The van der Waals surface area contributed by atoms with Crippen LogP contribution in [0.4, 0.5) is 0 Å².